The minimum atomic E-state index is -0.779. The number of aromatic nitrogens is 3. The normalized spacial score (nSPS) is 12.7. The maximum Gasteiger partial charge on any atom is 0.255 e. The van der Waals surface area contributed by atoms with E-state index in [-0.39, 0.29) is 5.89 Å². The van der Waals surface area contributed by atoms with Crippen molar-refractivity contribution < 1.29 is 9.63 Å². The van der Waals surface area contributed by atoms with Gasteiger partial charge in [0.15, 0.2) is 0 Å². The zero-order chi connectivity index (χ0) is 10.8. The van der Waals surface area contributed by atoms with Crippen LogP contribution in [0.15, 0.2) is 22.9 Å². The summed E-state index contributed by atoms with van der Waals surface area (Å²) < 4.78 is 4.83. The average molecular weight is 226 g/mol. The van der Waals surface area contributed by atoms with Gasteiger partial charge >= 0.3 is 0 Å². The predicted molar refractivity (Wildman–Crippen MR) is 53.2 cm³/mol. The van der Waals surface area contributed by atoms with Gasteiger partial charge in [-0.1, -0.05) is 16.8 Å². The molecule has 0 radical (unpaired) electrons. The maximum absolute atomic E-state index is 9.19. The highest BCUT2D eigenvalue weighted by molar-refractivity contribution is 6.30. The minimum Gasteiger partial charge on any atom is -0.384 e. The van der Waals surface area contributed by atoms with Gasteiger partial charge in [-0.15, -0.1) is 0 Å². The molecule has 0 aromatic carbocycles. The summed E-state index contributed by atoms with van der Waals surface area (Å²) in [5.74, 6) is 0.504. The van der Waals surface area contributed by atoms with Crippen LogP contribution in [0.2, 0.25) is 5.02 Å². The van der Waals surface area contributed by atoms with Gasteiger partial charge in [0.25, 0.3) is 5.89 Å². The van der Waals surface area contributed by atoms with E-state index < -0.39 is 6.10 Å². The van der Waals surface area contributed by atoms with Crippen LogP contribution < -0.4 is 0 Å². The summed E-state index contributed by atoms with van der Waals surface area (Å²) in [4.78, 5) is 8.00. The fourth-order valence-corrected chi connectivity index (χ4v) is 1.13. The number of aliphatic hydroxyl groups is 1. The highest BCUT2D eigenvalue weighted by atomic mass is 35.5. The van der Waals surface area contributed by atoms with Gasteiger partial charge in [-0.2, -0.15) is 4.98 Å². The highest BCUT2D eigenvalue weighted by Gasteiger charge is 2.12. The number of rotatable bonds is 2. The molecule has 15 heavy (non-hydrogen) atoms. The largest absolute Gasteiger partial charge is 0.384 e. The Balaban J connectivity index is 2.33. The van der Waals surface area contributed by atoms with E-state index in [4.69, 9.17) is 16.1 Å². The molecule has 0 fully saturated rings. The summed E-state index contributed by atoms with van der Waals surface area (Å²) in [5.41, 5.74) is 0.551. The molecule has 2 aromatic rings. The van der Waals surface area contributed by atoms with Crippen molar-refractivity contribution in [1.29, 1.82) is 0 Å². The lowest BCUT2D eigenvalue weighted by atomic mass is 10.3. The summed E-state index contributed by atoms with van der Waals surface area (Å²) in [6.07, 6.45) is 0.716. The Bertz CT molecular complexity index is 453. The number of nitrogens with zero attached hydrogens (tertiary/aromatic N) is 3. The Morgan fingerprint density at radius 1 is 1.47 bits per heavy atom. The highest BCUT2D eigenvalue weighted by Crippen LogP contribution is 2.17. The summed E-state index contributed by atoms with van der Waals surface area (Å²) in [7, 11) is 0. The van der Waals surface area contributed by atoms with Crippen molar-refractivity contribution in [2.75, 3.05) is 0 Å². The van der Waals surface area contributed by atoms with Gasteiger partial charge < -0.3 is 9.63 Å². The van der Waals surface area contributed by atoms with Crippen LogP contribution in [0.3, 0.4) is 0 Å². The molecule has 0 aliphatic rings. The molecule has 1 N–H and O–H groups in total. The second-order valence-electron chi connectivity index (χ2n) is 2.99. The fraction of sp³-hybridized carbons (Fsp3) is 0.222. The summed E-state index contributed by atoms with van der Waals surface area (Å²) in [6.45, 7) is 1.55. The Hall–Kier alpha value is -1.46. The van der Waals surface area contributed by atoms with Gasteiger partial charge in [0.1, 0.15) is 11.8 Å². The topological polar surface area (TPSA) is 72.0 Å². The third kappa shape index (κ3) is 2.14. The van der Waals surface area contributed by atoms with Gasteiger partial charge in [0.05, 0.1) is 5.02 Å². The minimum absolute atomic E-state index is 0.168. The molecule has 0 bridgehead atoms. The van der Waals surface area contributed by atoms with E-state index in [1.165, 1.54) is 6.20 Å². The van der Waals surface area contributed by atoms with Crippen LogP contribution in [-0.4, -0.2) is 20.2 Å². The predicted octanol–water partition coefficient (Wildman–Crippen LogP) is 1.84. The smallest absolute Gasteiger partial charge is 0.255 e. The third-order valence-electron chi connectivity index (χ3n) is 1.76. The average Bonchev–Trinajstić information content (AvgIpc) is 2.68. The molecular weight excluding hydrogens is 218 g/mol. The van der Waals surface area contributed by atoms with Crippen LogP contribution in [-0.2, 0) is 0 Å². The van der Waals surface area contributed by atoms with Crippen LogP contribution in [0.5, 0.6) is 0 Å². The molecule has 78 valence electrons. The van der Waals surface area contributed by atoms with Crippen LogP contribution in [0.4, 0.5) is 0 Å². The molecule has 1 atom stereocenters. The van der Waals surface area contributed by atoms with E-state index in [2.05, 4.69) is 15.1 Å². The van der Waals surface area contributed by atoms with Gasteiger partial charge in [-0.25, -0.2) is 0 Å². The Labute approximate surface area is 90.7 Å². The van der Waals surface area contributed by atoms with E-state index in [9.17, 15) is 5.11 Å². The van der Waals surface area contributed by atoms with E-state index >= 15 is 0 Å². The summed E-state index contributed by atoms with van der Waals surface area (Å²) in [6, 6.07) is 3.36. The van der Waals surface area contributed by atoms with Crippen molar-refractivity contribution in [2.45, 2.75) is 13.0 Å². The second-order valence-corrected chi connectivity index (χ2v) is 3.43. The lowest BCUT2D eigenvalue weighted by Crippen LogP contribution is -1.91. The third-order valence-corrected chi connectivity index (χ3v) is 1.98. The number of aliphatic hydroxyl groups excluding tert-OH is 1. The van der Waals surface area contributed by atoms with Crippen molar-refractivity contribution in [3.05, 3.63) is 29.2 Å². The number of halogens is 1. The van der Waals surface area contributed by atoms with Crippen molar-refractivity contribution in [3.63, 3.8) is 0 Å². The van der Waals surface area contributed by atoms with Gasteiger partial charge in [-0.05, 0) is 19.1 Å². The molecule has 0 amide bonds. The van der Waals surface area contributed by atoms with Gasteiger partial charge in [-0.3, -0.25) is 4.98 Å². The Morgan fingerprint density at radius 3 is 2.80 bits per heavy atom. The first-order chi connectivity index (χ1) is 7.16. The van der Waals surface area contributed by atoms with Crippen LogP contribution in [0, 0.1) is 0 Å². The maximum atomic E-state index is 9.19. The monoisotopic (exact) mass is 225 g/mol. The summed E-state index contributed by atoms with van der Waals surface area (Å²) >= 11 is 5.69. The first-order valence-electron chi connectivity index (χ1n) is 4.30. The Kier molecular flexibility index (Phi) is 2.66. The lowest BCUT2D eigenvalue weighted by molar-refractivity contribution is 0.152. The zero-order valence-electron chi connectivity index (χ0n) is 7.88. The second kappa shape index (κ2) is 3.96. The fourth-order valence-electron chi connectivity index (χ4n) is 1.02. The van der Waals surface area contributed by atoms with Gasteiger partial charge in [0.2, 0.25) is 5.82 Å². The lowest BCUT2D eigenvalue weighted by Gasteiger charge is -1.93. The molecule has 0 saturated heterocycles. The molecule has 0 aliphatic carbocycles. The molecule has 0 saturated carbocycles. The van der Waals surface area contributed by atoms with E-state index in [0.29, 0.717) is 16.5 Å². The van der Waals surface area contributed by atoms with Crippen molar-refractivity contribution >= 4 is 11.6 Å². The quantitative estimate of drug-likeness (QED) is 0.844. The molecule has 2 heterocycles. The van der Waals surface area contributed by atoms with Crippen LogP contribution >= 0.6 is 11.6 Å². The van der Waals surface area contributed by atoms with E-state index in [0.717, 1.165) is 0 Å². The first kappa shape index (κ1) is 10.1. The Morgan fingerprint density at radius 2 is 2.27 bits per heavy atom. The molecular formula is C9H8ClN3O2. The van der Waals surface area contributed by atoms with Crippen molar-refractivity contribution in [2.24, 2.45) is 0 Å². The zero-order valence-corrected chi connectivity index (χ0v) is 8.64. The number of hydrogen-bond acceptors (Lipinski definition) is 5. The first-order valence-corrected chi connectivity index (χ1v) is 4.68. The van der Waals surface area contributed by atoms with Crippen molar-refractivity contribution in [1.82, 2.24) is 15.1 Å². The summed E-state index contributed by atoms with van der Waals surface area (Å²) in [5, 5.41) is 13.4. The molecule has 0 aliphatic heterocycles. The van der Waals surface area contributed by atoms with Gasteiger partial charge in [0, 0.05) is 6.20 Å². The molecule has 6 heteroatoms. The van der Waals surface area contributed by atoms with E-state index in [1.54, 1.807) is 19.1 Å². The molecule has 5 nitrogen and oxygen atoms in total. The number of pyridine rings is 1. The van der Waals surface area contributed by atoms with Crippen LogP contribution in [0.25, 0.3) is 11.5 Å². The van der Waals surface area contributed by atoms with Crippen LogP contribution in [0.1, 0.15) is 18.9 Å². The molecule has 1 unspecified atom stereocenters. The van der Waals surface area contributed by atoms with Crippen molar-refractivity contribution in [3.8, 4) is 11.5 Å². The standard InChI is InChI=1S/C9H8ClN3O2/c1-5(14)9-12-8(13-15-9)7-3-2-6(10)4-11-7/h2-5,14H,1H3. The molecule has 0 spiro atoms. The van der Waals surface area contributed by atoms with E-state index in [1.807, 2.05) is 0 Å². The number of hydrogen-bond donors (Lipinski definition) is 1. The molecule has 2 aromatic heterocycles. The molecule has 2 rings (SSSR count). The SMILES string of the molecule is CC(O)c1nc(-c2ccc(Cl)cn2)no1.